The van der Waals surface area contributed by atoms with Gasteiger partial charge < -0.3 is 14.2 Å². The van der Waals surface area contributed by atoms with Crippen molar-refractivity contribution in [1.82, 2.24) is 14.7 Å². The summed E-state index contributed by atoms with van der Waals surface area (Å²) in [7, 11) is 0. The van der Waals surface area contributed by atoms with Gasteiger partial charge in [-0.2, -0.15) is 4.98 Å². The third kappa shape index (κ3) is 2.16. The van der Waals surface area contributed by atoms with Crippen LogP contribution in [0, 0.1) is 0 Å². The van der Waals surface area contributed by atoms with E-state index in [0.717, 1.165) is 17.3 Å². The number of aryl methyl sites for hydroxylation is 1. The molecule has 102 valence electrons. The van der Waals surface area contributed by atoms with Crippen molar-refractivity contribution in [2.45, 2.75) is 19.9 Å². The predicted molar refractivity (Wildman–Crippen MR) is 71.7 cm³/mol. The van der Waals surface area contributed by atoms with Gasteiger partial charge in [0.15, 0.2) is 5.82 Å². The normalized spacial score (nSPS) is 11.1. The Hall–Kier alpha value is -2.63. The van der Waals surface area contributed by atoms with Crippen molar-refractivity contribution < 1.29 is 14.4 Å². The summed E-state index contributed by atoms with van der Waals surface area (Å²) in [5, 5.41) is 13.9. The third-order valence-corrected chi connectivity index (χ3v) is 3.15. The van der Waals surface area contributed by atoms with E-state index in [1.165, 1.54) is 0 Å². The summed E-state index contributed by atoms with van der Waals surface area (Å²) in [6, 6.07) is 6.96. The van der Waals surface area contributed by atoms with Gasteiger partial charge in [0.05, 0.1) is 5.56 Å². The molecule has 1 N–H and O–H groups in total. The number of aromatic nitrogens is 3. The molecule has 0 amide bonds. The molecule has 1 aromatic carbocycles. The Morgan fingerprint density at radius 1 is 1.40 bits per heavy atom. The predicted octanol–water partition coefficient (Wildman–Crippen LogP) is 2.33. The number of aromatic carboxylic acids is 1. The maximum Gasteiger partial charge on any atom is 0.335 e. The molecule has 0 aliphatic heterocycles. The molecule has 0 aliphatic carbocycles. The van der Waals surface area contributed by atoms with E-state index >= 15 is 0 Å². The Bertz CT molecular complexity index is 773. The van der Waals surface area contributed by atoms with Gasteiger partial charge in [-0.1, -0.05) is 18.1 Å². The summed E-state index contributed by atoms with van der Waals surface area (Å²) in [6.07, 6.45) is 2.60. The molecule has 2 aromatic heterocycles. The monoisotopic (exact) mass is 271 g/mol. The van der Waals surface area contributed by atoms with Crippen LogP contribution in [0.25, 0.3) is 10.9 Å². The first-order valence-electron chi connectivity index (χ1n) is 6.31. The molecule has 6 nitrogen and oxygen atoms in total. The summed E-state index contributed by atoms with van der Waals surface area (Å²) in [5.41, 5.74) is 1.10. The van der Waals surface area contributed by atoms with Gasteiger partial charge in [0, 0.05) is 18.1 Å². The van der Waals surface area contributed by atoms with Gasteiger partial charge in [0.25, 0.3) is 0 Å². The van der Waals surface area contributed by atoms with Gasteiger partial charge in [-0.05, 0) is 23.6 Å². The average Bonchev–Trinajstić information content (AvgIpc) is 3.06. The van der Waals surface area contributed by atoms with Crippen LogP contribution < -0.4 is 0 Å². The highest BCUT2D eigenvalue weighted by molar-refractivity contribution is 5.93. The number of benzene rings is 1. The summed E-state index contributed by atoms with van der Waals surface area (Å²) in [5.74, 6) is 0.244. The molecule has 0 radical (unpaired) electrons. The minimum Gasteiger partial charge on any atom is -0.478 e. The summed E-state index contributed by atoms with van der Waals surface area (Å²) in [4.78, 5) is 15.3. The molecule has 3 aromatic rings. The average molecular weight is 271 g/mol. The van der Waals surface area contributed by atoms with Crippen molar-refractivity contribution in [1.29, 1.82) is 0 Å². The fraction of sp³-hybridized carbons (Fsp3) is 0.214. The third-order valence-electron chi connectivity index (χ3n) is 3.15. The van der Waals surface area contributed by atoms with Gasteiger partial charge in [0.1, 0.15) is 6.54 Å². The highest BCUT2D eigenvalue weighted by atomic mass is 16.5. The fourth-order valence-corrected chi connectivity index (χ4v) is 2.10. The molecule has 20 heavy (non-hydrogen) atoms. The molecule has 0 bridgehead atoms. The molecule has 0 aliphatic rings. The molecule has 6 heteroatoms. The molecule has 0 saturated heterocycles. The van der Waals surface area contributed by atoms with Crippen molar-refractivity contribution >= 4 is 16.9 Å². The zero-order valence-electron chi connectivity index (χ0n) is 10.9. The Morgan fingerprint density at radius 3 is 2.95 bits per heavy atom. The smallest absolute Gasteiger partial charge is 0.335 e. The number of carboxylic acids is 1. The highest BCUT2D eigenvalue weighted by Gasteiger charge is 2.10. The van der Waals surface area contributed by atoms with Crippen LogP contribution in [-0.4, -0.2) is 25.8 Å². The summed E-state index contributed by atoms with van der Waals surface area (Å²) < 4.78 is 7.05. The topological polar surface area (TPSA) is 81.2 Å². The minimum atomic E-state index is -0.939. The van der Waals surface area contributed by atoms with Crippen molar-refractivity contribution in [3.8, 4) is 0 Å². The molecule has 0 fully saturated rings. The number of hydrogen-bond donors (Lipinski definition) is 1. The van der Waals surface area contributed by atoms with Crippen molar-refractivity contribution in [2.24, 2.45) is 0 Å². The SMILES string of the molecule is CCc1noc(Cn2ccc3ccc(C(=O)O)cc32)n1. The van der Waals surface area contributed by atoms with E-state index in [0.29, 0.717) is 18.3 Å². The maximum atomic E-state index is 11.0. The van der Waals surface area contributed by atoms with Crippen molar-refractivity contribution in [3.05, 3.63) is 47.7 Å². The van der Waals surface area contributed by atoms with Crippen LogP contribution in [0.1, 0.15) is 29.0 Å². The quantitative estimate of drug-likeness (QED) is 0.787. The lowest BCUT2D eigenvalue weighted by Crippen LogP contribution is -2.00. The van der Waals surface area contributed by atoms with Crippen LogP contribution in [-0.2, 0) is 13.0 Å². The lowest BCUT2D eigenvalue weighted by molar-refractivity contribution is 0.0697. The van der Waals surface area contributed by atoms with Crippen LogP contribution in [0.15, 0.2) is 35.0 Å². The first-order valence-corrected chi connectivity index (χ1v) is 6.31. The Balaban J connectivity index is 1.98. The molecular weight excluding hydrogens is 258 g/mol. The first kappa shape index (κ1) is 12.4. The van der Waals surface area contributed by atoms with Gasteiger partial charge in [-0.3, -0.25) is 0 Å². The largest absolute Gasteiger partial charge is 0.478 e. The number of fused-ring (bicyclic) bond motifs is 1. The minimum absolute atomic E-state index is 0.261. The highest BCUT2D eigenvalue weighted by Crippen LogP contribution is 2.19. The van der Waals surface area contributed by atoms with Crippen LogP contribution in [0.2, 0.25) is 0 Å². The number of carboxylic acid groups (broad SMARTS) is 1. The number of rotatable bonds is 4. The second-order valence-corrected chi connectivity index (χ2v) is 4.48. The van der Waals surface area contributed by atoms with Gasteiger partial charge in [0.2, 0.25) is 5.89 Å². The van der Waals surface area contributed by atoms with Crippen LogP contribution in [0.3, 0.4) is 0 Å². The van der Waals surface area contributed by atoms with Crippen LogP contribution in [0.5, 0.6) is 0 Å². The van der Waals surface area contributed by atoms with E-state index < -0.39 is 5.97 Å². The van der Waals surface area contributed by atoms with Gasteiger partial charge in [-0.15, -0.1) is 0 Å². The van der Waals surface area contributed by atoms with E-state index in [2.05, 4.69) is 10.1 Å². The Kier molecular flexibility index (Phi) is 2.98. The van der Waals surface area contributed by atoms with E-state index in [1.54, 1.807) is 18.2 Å². The molecule has 2 heterocycles. The van der Waals surface area contributed by atoms with E-state index in [1.807, 2.05) is 23.8 Å². The van der Waals surface area contributed by atoms with Crippen molar-refractivity contribution in [3.63, 3.8) is 0 Å². The van der Waals surface area contributed by atoms with E-state index in [-0.39, 0.29) is 5.56 Å². The molecule has 3 rings (SSSR count). The van der Waals surface area contributed by atoms with Crippen LogP contribution >= 0.6 is 0 Å². The molecule has 0 atom stereocenters. The molecular formula is C14H13N3O3. The zero-order chi connectivity index (χ0) is 14.1. The fourth-order valence-electron chi connectivity index (χ4n) is 2.10. The summed E-state index contributed by atoms with van der Waals surface area (Å²) >= 11 is 0. The van der Waals surface area contributed by atoms with Gasteiger partial charge >= 0.3 is 5.97 Å². The second-order valence-electron chi connectivity index (χ2n) is 4.48. The summed E-state index contributed by atoms with van der Waals surface area (Å²) in [6.45, 7) is 2.39. The van der Waals surface area contributed by atoms with Crippen LogP contribution in [0.4, 0.5) is 0 Å². The van der Waals surface area contributed by atoms with Crippen molar-refractivity contribution in [2.75, 3.05) is 0 Å². The first-order chi connectivity index (χ1) is 9.67. The lowest BCUT2D eigenvalue weighted by atomic mass is 10.2. The Labute approximate surface area is 114 Å². The molecule has 0 saturated carbocycles. The number of carbonyl (C=O) groups is 1. The maximum absolute atomic E-state index is 11.0. The lowest BCUT2D eigenvalue weighted by Gasteiger charge is -2.02. The standard InChI is InChI=1S/C14H13N3O3/c1-2-12-15-13(20-16-12)8-17-6-5-9-3-4-10(14(18)19)7-11(9)17/h3-7H,2,8H2,1H3,(H,18,19). The number of hydrogen-bond acceptors (Lipinski definition) is 4. The number of nitrogens with zero attached hydrogens (tertiary/aromatic N) is 3. The molecule has 0 spiro atoms. The van der Waals surface area contributed by atoms with E-state index in [4.69, 9.17) is 9.63 Å². The van der Waals surface area contributed by atoms with Gasteiger partial charge in [-0.25, -0.2) is 4.79 Å². The van der Waals surface area contributed by atoms with E-state index in [9.17, 15) is 4.79 Å². The Morgan fingerprint density at radius 2 is 2.25 bits per heavy atom. The molecule has 0 unspecified atom stereocenters. The second kappa shape index (κ2) is 4.80. The zero-order valence-corrected chi connectivity index (χ0v) is 10.9.